The van der Waals surface area contributed by atoms with Crippen molar-refractivity contribution >= 4 is 11.3 Å². The number of hydrogen-bond donors (Lipinski definition) is 1. The van der Waals surface area contributed by atoms with Gasteiger partial charge < -0.3 is 5.32 Å². The van der Waals surface area contributed by atoms with E-state index in [1.807, 2.05) is 58.7 Å². The van der Waals surface area contributed by atoms with Gasteiger partial charge in [0.1, 0.15) is 17.3 Å². The van der Waals surface area contributed by atoms with Crippen molar-refractivity contribution in [2.45, 2.75) is 13.1 Å². The Labute approximate surface area is 159 Å². The van der Waals surface area contributed by atoms with Crippen molar-refractivity contribution in [2.24, 2.45) is 0 Å². The summed E-state index contributed by atoms with van der Waals surface area (Å²) in [5.74, 6) is -1.13. The first kappa shape index (κ1) is 17.6. The van der Waals surface area contributed by atoms with Crippen molar-refractivity contribution in [3.05, 3.63) is 95.0 Å². The molecule has 1 N–H and O–H groups in total. The molecule has 136 valence electrons. The zero-order valence-corrected chi connectivity index (χ0v) is 15.2. The van der Waals surface area contributed by atoms with E-state index in [0.29, 0.717) is 18.7 Å². The first-order valence-corrected chi connectivity index (χ1v) is 9.40. The Morgan fingerprint density at radius 1 is 0.926 bits per heavy atom. The largest absolute Gasteiger partial charge is 0.308 e. The number of para-hydroxylation sites is 1. The van der Waals surface area contributed by atoms with Crippen molar-refractivity contribution in [3.63, 3.8) is 0 Å². The Balaban J connectivity index is 1.56. The Morgan fingerprint density at radius 2 is 1.70 bits per heavy atom. The molecule has 0 saturated heterocycles. The quantitative estimate of drug-likeness (QED) is 0.499. The summed E-state index contributed by atoms with van der Waals surface area (Å²) >= 11 is 1.63. The van der Waals surface area contributed by atoms with Crippen molar-refractivity contribution in [1.29, 1.82) is 0 Å². The van der Waals surface area contributed by atoms with Crippen molar-refractivity contribution in [3.8, 4) is 16.3 Å². The van der Waals surface area contributed by atoms with Gasteiger partial charge in [-0.25, -0.2) is 13.5 Å². The minimum atomic E-state index is -0.567. The Kier molecular flexibility index (Phi) is 5.09. The van der Waals surface area contributed by atoms with E-state index in [-0.39, 0.29) is 0 Å². The molecule has 2 aromatic carbocycles. The summed E-state index contributed by atoms with van der Waals surface area (Å²) in [5.41, 5.74) is 3.49. The average Bonchev–Trinajstić information content (AvgIpc) is 3.31. The predicted octanol–water partition coefficient (Wildman–Crippen LogP) is 5.17. The minimum Gasteiger partial charge on any atom is -0.308 e. The van der Waals surface area contributed by atoms with Gasteiger partial charge in [0.15, 0.2) is 0 Å². The maximum atomic E-state index is 13.3. The minimum absolute atomic E-state index is 0.370. The fourth-order valence-electron chi connectivity index (χ4n) is 2.93. The zero-order valence-electron chi connectivity index (χ0n) is 14.4. The molecule has 3 nitrogen and oxygen atoms in total. The number of thiophene rings is 1. The van der Waals surface area contributed by atoms with E-state index in [1.165, 1.54) is 12.1 Å². The normalized spacial score (nSPS) is 11.0. The lowest BCUT2D eigenvalue weighted by Gasteiger charge is -2.05. The second-order valence-electron chi connectivity index (χ2n) is 6.14. The summed E-state index contributed by atoms with van der Waals surface area (Å²) in [7, 11) is 0. The van der Waals surface area contributed by atoms with Gasteiger partial charge in [-0.1, -0.05) is 24.3 Å². The highest BCUT2D eigenvalue weighted by atomic mass is 32.1. The molecule has 2 heterocycles. The van der Waals surface area contributed by atoms with Crippen LogP contribution in [0.15, 0.2) is 72.2 Å². The monoisotopic (exact) mass is 381 g/mol. The highest BCUT2D eigenvalue weighted by Gasteiger charge is 2.13. The van der Waals surface area contributed by atoms with Crippen molar-refractivity contribution in [1.82, 2.24) is 15.1 Å². The van der Waals surface area contributed by atoms with Crippen LogP contribution in [0.3, 0.4) is 0 Å². The smallest absolute Gasteiger partial charge is 0.126 e. The lowest BCUT2D eigenvalue weighted by molar-refractivity contribution is 0.575. The van der Waals surface area contributed by atoms with Gasteiger partial charge in [0.05, 0.1) is 10.6 Å². The average molecular weight is 381 g/mol. The SMILES string of the molecule is Fc1cc(F)cc(CNCc2cn(-c3ccccc3)nc2-c2cccs2)c1. The second kappa shape index (κ2) is 7.82. The molecule has 4 rings (SSSR count). The van der Waals surface area contributed by atoms with Crippen LogP contribution in [0.1, 0.15) is 11.1 Å². The highest BCUT2D eigenvalue weighted by molar-refractivity contribution is 7.13. The summed E-state index contributed by atoms with van der Waals surface area (Å²) in [6.45, 7) is 0.910. The van der Waals surface area contributed by atoms with Gasteiger partial charge in [-0.15, -0.1) is 11.3 Å². The second-order valence-corrected chi connectivity index (χ2v) is 7.09. The molecule has 0 amide bonds. The number of nitrogens with zero attached hydrogens (tertiary/aromatic N) is 2. The summed E-state index contributed by atoms with van der Waals surface area (Å²) in [6, 6.07) is 17.5. The van der Waals surface area contributed by atoms with Gasteiger partial charge in [0.2, 0.25) is 0 Å². The molecular formula is C21H17F2N3S. The number of halogens is 2. The number of hydrogen-bond acceptors (Lipinski definition) is 3. The van der Waals surface area contributed by atoms with Crippen LogP contribution in [0.5, 0.6) is 0 Å². The van der Waals surface area contributed by atoms with E-state index in [4.69, 9.17) is 5.10 Å². The standard InChI is InChI=1S/C21H17F2N3S/c22-17-9-15(10-18(23)11-17)12-24-13-16-14-26(19-5-2-1-3-6-19)25-21(16)20-7-4-8-27-20/h1-11,14,24H,12-13H2. The zero-order chi connectivity index (χ0) is 18.6. The van der Waals surface area contributed by atoms with Crippen molar-refractivity contribution < 1.29 is 8.78 Å². The fourth-order valence-corrected chi connectivity index (χ4v) is 3.67. The molecule has 0 aliphatic carbocycles. The molecule has 4 aromatic rings. The number of benzene rings is 2. The van der Waals surface area contributed by atoms with Crippen LogP contribution in [0.25, 0.3) is 16.3 Å². The maximum Gasteiger partial charge on any atom is 0.126 e. The lowest BCUT2D eigenvalue weighted by atomic mass is 10.2. The van der Waals surface area contributed by atoms with Crippen molar-refractivity contribution in [2.75, 3.05) is 0 Å². The van der Waals surface area contributed by atoms with Crippen LogP contribution in [-0.4, -0.2) is 9.78 Å². The first-order chi connectivity index (χ1) is 13.2. The molecule has 0 spiro atoms. The third-order valence-corrected chi connectivity index (χ3v) is 5.01. The van der Waals surface area contributed by atoms with E-state index in [9.17, 15) is 8.78 Å². The van der Waals surface area contributed by atoms with Crippen LogP contribution in [0.2, 0.25) is 0 Å². The van der Waals surface area contributed by atoms with Gasteiger partial charge in [-0.05, 0) is 41.3 Å². The number of nitrogens with one attached hydrogen (secondary N) is 1. The Bertz CT molecular complexity index is 1010. The van der Waals surface area contributed by atoms with Crippen LogP contribution in [0.4, 0.5) is 8.78 Å². The topological polar surface area (TPSA) is 29.9 Å². The highest BCUT2D eigenvalue weighted by Crippen LogP contribution is 2.27. The third-order valence-electron chi connectivity index (χ3n) is 4.13. The maximum absolute atomic E-state index is 13.3. The van der Waals surface area contributed by atoms with Crippen LogP contribution >= 0.6 is 11.3 Å². The van der Waals surface area contributed by atoms with Gasteiger partial charge in [0.25, 0.3) is 0 Å². The van der Waals surface area contributed by atoms with Crippen LogP contribution in [-0.2, 0) is 13.1 Å². The fraction of sp³-hybridized carbons (Fsp3) is 0.0952. The van der Waals surface area contributed by atoms with Gasteiger partial charge >= 0.3 is 0 Å². The molecule has 0 aliphatic heterocycles. The molecule has 0 fully saturated rings. The van der Waals surface area contributed by atoms with Crippen LogP contribution in [0, 0.1) is 11.6 Å². The Hall–Kier alpha value is -2.83. The van der Waals surface area contributed by atoms with Gasteiger partial charge in [0, 0.05) is 30.9 Å². The van der Waals surface area contributed by atoms with E-state index >= 15 is 0 Å². The lowest BCUT2D eigenvalue weighted by Crippen LogP contribution is -2.13. The molecule has 0 radical (unpaired) electrons. The predicted molar refractivity (Wildman–Crippen MR) is 104 cm³/mol. The van der Waals surface area contributed by atoms with E-state index in [2.05, 4.69) is 5.32 Å². The van der Waals surface area contributed by atoms with Gasteiger partial charge in [-0.2, -0.15) is 5.10 Å². The summed E-state index contributed by atoms with van der Waals surface area (Å²) in [4.78, 5) is 1.08. The van der Waals surface area contributed by atoms with E-state index in [1.54, 1.807) is 11.3 Å². The molecule has 2 aromatic heterocycles. The van der Waals surface area contributed by atoms with Crippen LogP contribution < -0.4 is 5.32 Å². The molecule has 0 bridgehead atoms. The molecule has 0 aliphatic rings. The molecular weight excluding hydrogens is 364 g/mol. The summed E-state index contributed by atoms with van der Waals surface area (Å²) < 4.78 is 28.5. The molecule has 0 saturated carbocycles. The summed E-state index contributed by atoms with van der Waals surface area (Å²) in [5, 5.41) is 10.0. The summed E-state index contributed by atoms with van der Waals surface area (Å²) in [6.07, 6.45) is 1.99. The molecule has 27 heavy (non-hydrogen) atoms. The van der Waals surface area contributed by atoms with E-state index < -0.39 is 11.6 Å². The Morgan fingerprint density at radius 3 is 2.41 bits per heavy atom. The van der Waals surface area contributed by atoms with Gasteiger partial charge in [-0.3, -0.25) is 0 Å². The molecule has 0 atom stereocenters. The first-order valence-electron chi connectivity index (χ1n) is 8.52. The number of rotatable bonds is 6. The molecule has 6 heteroatoms. The van der Waals surface area contributed by atoms with E-state index in [0.717, 1.165) is 27.9 Å². The molecule has 0 unspecified atom stereocenters. The third kappa shape index (κ3) is 4.13. The number of aromatic nitrogens is 2.